The maximum absolute atomic E-state index is 14.9. The molecule has 2 aliphatic carbocycles. The number of nitrogens with one attached hydrogen (secondary N) is 1. The van der Waals surface area contributed by atoms with Crippen LogP contribution in [0.4, 0.5) is 35.1 Å². The lowest BCUT2D eigenvalue weighted by Crippen LogP contribution is -2.51. The lowest BCUT2D eigenvalue weighted by Gasteiger charge is -2.43. The summed E-state index contributed by atoms with van der Waals surface area (Å²) in [5.74, 6) is -1.74. The van der Waals surface area contributed by atoms with E-state index < -0.39 is 55.9 Å². The number of amides is 1. The normalized spacial score (nSPS) is 25.2. The number of halogens is 8. The Labute approximate surface area is 242 Å². The third-order valence-electron chi connectivity index (χ3n) is 9.14. The van der Waals surface area contributed by atoms with Gasteiger partial charge in [0.25, 0.3) is 0 Å². The van der Waals surface area contributed by atoms with Gasteiger partial charge in [0.2, 0.25) is 5.91 Å². The molecular weight excluding hydrogens is 610 g/mol. The van der Waals surface area contributed by atoms with E-state index in [4.69, 9.17) is 4.74 Å². The number of ether oxygens (including phenoxy) is 1. The quantitative estimate of drug-likeness (QED) is 0.292. The zero-order valence-corrected chi connectivity index (χ0v) is 23.5. The lowest BCUT2D eigenvalue weighted by molar-refractivity contribution is -0.348. The summed E-state index contributed by atoms with van der Waals surface area (Å²) in [5.41, 5.74) is -7.59. The first kappa shape index (κ1) is 31.7. The van der Waals surface area contributed by atoms with E-state index in [1.807, 2.05) is 0 Å². The van der Waals surface area contributed by atoms with Crippen molar-refractivity contribution in [1.82, 2.24) is 5.32 Å². The van der Waals surface area contributed by atoms with Crippen molar-refractivity contribution in [1.29, 1.82) is 0 Å². The highest BCUT2D eigenvalue weighted by atomic mass is 32.2. The molecular formula is C29H29F8NO4S. The van der Waals surface area contributed by atoms with Gasteiger partial charge in [-0.1, -0.05) is 18.2 Å². The van der Waals surface area contributed by atoms with Crippen LogP contribution in [0.3, 0.4) is 0 Å². The van der Waals surface area contributed by atoms with Gasteiger partial charge in [-0.3, -0.25) is 4.79 Å². The summed E-state index contributed by atoms with van der Waals surface area (Å²) < 4.78 is 142. The Morgan fingerprint density at radius 1 is 0.907 bits per heavy atom. The third-order valence-corrected chi connectivity index (χ3v) is 11.7. The van der Waals surface area contributed by atoms with E-state index in [9.17, 15) is 48.3 Å². The molecule has 0 unspecified atom stereocenters. The first-order valence-corrected chi connectivity index (χ1v) is 15.3. The molecule has 0 aromatic heterocycles. The number of fused-ring (bicyclic) bond motifs is 3. The molecule has 1 amide bonds. The van der Waals surface area contributed by atoms with Gasteiger partial charge in [-0.15, -0.1) is 0 Å². The van der Waals surface area contributed by atoms with Gasteiger partial charge in [-0.25, -0.2) is 17.2 Å². The molecule has 1 N–H and O–H groups in total. The number of carbonyl (C=O) groups excluding carboxylic acids is 1. The minimum absolute atomic E-state index is 0.0174. The SMILES string of the molecule is O=C(CC1CCOCC1)N[C@@H]1CC[C@@]2(S(=O)(=O)c3ccc(F)cc3)c3ccc(C(F)(C(F)(F)F)C(F)(F)F)cc3CC[C@@H]12. The Balaban J connectivity index is 1.58. The van der Waals surface area contributed by atoms with Gasteiger partial charge in [0.1, 0.15) is 10.6 Å². The van der Waals surface area contributed by atoms with Crippen molar-refractivity contribution < 1.29 is 53.1 Å². The van der Waals surface area contributed by atoms with E-state index in [1.54, 1.807) is 0 Å². The van der Waals surface area contributed by atoms with E-state index in [0.717, 1.165) is 30.3 Å². The van der Waals surface area contributed by atoms with Crippen molar-refractivity contribution in [3.8, 4) is 0 Å². The van der Waals surface area contributed by atoms with Gasteiger partial charge in [0, 0.05) is 37.2 Å². The van der Waals surface area contributed by atoms with Gasteiger partial charge in [0.05, 0.1) is 4.90 Å². The second kappa shape index (κ2) is 11.0. The summed E-state index contributed by atoms with van der Waals surface area (Å²) in [6.07, 6.45) is -11.2. The third kappa shape index (κ3) is 5.21. The molecule has 2 aromatic rings. The minimum Gasteiger partial charge on any atom is -0.381 e. The molecule has 0 bridgehead atoms. The molecule has 3 atom stereocenters. The number of benzene rings is 2. The van der Waals surface area contributed by atoms with Gasteiger partial charge in [0.15, 0.2) is 9.84 Å². The van der Waals surface area contributed by atoms with E-state index >= 15 is 0 Å². The number of rotatable bonds is 6. The first-order valence-electron chi connectivity index (χ1n) is 13.9. The summed E-state index contributed by atoms with van der Waals surface area (Å²) in [5, 5.41) is 2.93. The molecule has 0 radical (unpaired) electrons. The Bertz CT molecular complexity index is 1450. The molecule has 1 heterocycles. The first-order chi connectivity index (χ1) is 20.0. The average molecular weight is 640 g/mol. The molecule has 0 spiro atoms. The molecule has 1 saturated heterocycles. The number of aryl methyl sites for hydroxylation is 1. The number of hydrogen-bond donors (Lipinski definition) is 1. The van der Waals surface area contributed by atoms with Crippen molar-refractivity contribution in [3.05, 3.63) is 65.0 Å². The van der Waals surface area contributed by atoms with Crippen LogP contribution in [0.1, 0.15) is 55.2 Å². The summed E-state index contributed by atoms with van der Waals surface area (Å²) in [7, 11) is -4.46. The monoisotopic (exact) mass is 639 g/mol. The predicted molar refractivity (Wildman–Crippen MR) is 138 cm³/mol. The second-order valence-corrected chi connectivity index (χ2v) is 13.7. The Hall–Kier alpha value is -2.74. The number of alkyl halides is 7. The van der Waals surface area contributed by atoms with Crippen LogP contribution in [0.2, 0.25) is 0 Å². The maximum atomic E-state index is 14.9. The Kier molecular flexibility index (Phi) is 8.11. The van der Waals surface area contributed by atoms with Crippen LogP contribution in [-0.4, -0.2) is 45.9 Å². The molecule has 43 heavy (non-hydrogen) atoms. The van der Waals surface area contributed by atoms with Crippen LogP contribution in [0.5, 0.6) is 0 Å². The minimum atomic E-state index is -6.33. The fraction of sp³-hybridized carbons (Fsp3) is 0.552. The van der Waals surface area contributed by atoms with Gasteiger partial charge < -0.3 is 10.1 Å². The van der Waals surface area contributed by atoms with Crippen LogP contribution in [0.25, 0.3) is 0 Å². The summed E-state index contributed by atoms with van der Waals surface area (Å²) in [4.78, 5) is 12.7. The molecule has 236 valence electrons. The number of sulfone groups is 1. The van der Waals surface area contributed by atoms with Crippen molar-refractivity contribution in [2.24, 2.45) is 11.8 Å². The summed E-state index contributed by atoms with van der Waals surface area (Å²) in [6.45, 7) is 1.04. The van der Waals surface area contributed by atoms with Crippen LogP contribution in [-0.2, 0) is 36.2 Å². The van der Waals surface area contributed by atoms with E-state index in [2.05, 4.69) is 5.32 Å². The highest BCUT2D eigenvalue weighted by molar-refractivity contribution is 7.92. The number of carbonyl (C=O) groups is 1. The van der Waals surface area contributed by atoms with Crippen molar-refractivity contribution in [2.45, 2.75) is 78.7 Å². The van der Waals surface area contributed by atoms with Crippen LogP contribution in [0, 0.1) is 17.7 Å². The molecule has 1 saturated carbocycles. The maximum Gasteiger partial charge on any atom is 0.435 e. The van der Waals surface area contributed by atoms with Gasteiger partial charge in [-0.05, 0) is 79.8 Å². The largest absolute Gasteiger partial charge is 0.435 e. The van der Waals surface area contributed by atoms with Gasteiger partial charge in [-0.2, -0.15) is 26.3 Å². The lowest BCUT2D eigenvalue weighted by atomic mass is 9.74. The smallest absolute Gasteiger partial charge is 0.381 e. The average Bonchev–Trinajstić information content (AvgIpc) is 3.31. The Morgan fingerprint density at radius 3 is 2.14 bits per heavy atom. The van der Waals surface area contributed by atoms with E-state index in [-0.39, 0.29) is 60.0 Å². The Morgan fingerprint density at radius 2 is 1.53 bits per heavy atom. The molecule has 2 fully saturated rings. The molecule has 1 aliphatic heterocycles. The molecule has 5 nitrogen and oxygen atoms in total. The van der Waals surface area contributed by atoms with Crippen molar-refractivity contribution >= 4 is 15.7 Å². The van der Waals surface area contributed by atoms with Crippen LogP contribution in [0.15, 0.2) is 47.4 Å². The fourth-order valence-corrected chi connectivity index (χ4v) is 9.50. The summed E-state index contributed by atoms with van der Waals surface area (Å²) in [6, 6.07) is 4.88. The zero-order chi connectivity index (χ0) is 31.4. The van der Waals surface area contributed by atoms with E-state index in [0.29, 0.717) is 38.2 Å². The van der Waals surface area contributed by atoms with E-state index in [1.165, 1.54) is 0 Å². The predicted octanol–water partition coefficient (Wildman–Crippen LogP) is 6.44. The molecule has 5 rings (SSSR count). The fourth-order valence-electron chi connectivity index (χ4n) is 7.03. The number of hydrogen-bond acceptors (Lipinski definition) is 4. The topological polar surface area (TPSA) is 72.5 Å². The van der Waals surface area contributed by atoms with Crippen molar-refractivity contribution in [3.63, 3.8) is 0 Å². The standard InChI is InChI=1S/C29H29F8NO4S/c30-20-3-5-21(6-4-20)43(40,41)26-12-9-24(38-25(39)15-17-10-13-42-14-11-17)23(26)7-1-18-16-19(2-8-22(18)26)27(31,28(32,33)34)29(35,36)37/h2-6,8,16-17,23-24H,1,7,9-15H2,(H,38,39)/t23-,24+,26+/m0/s1. The highest BCUT2D eigenvalue weighted by Crippen LogP contribution is 2.59. The van der Waals surface area contributed by atoms with Crippen LogP contribution >= 0.6 is 0 Å². The van der Waals surface area contributed by atoms with Gasteiger partial charge >= 0.3 is 18.0 Å². The second-order valence-electron chi connectivity index (χ2n) is 11.5. The van der Waals surface area contributed by atoms with Crippen LogP contribution < -0.4 is 5.32 Å². The summed E-state index contributed by atoms with van der Waals surface area (Å²) >= 11 is 0. The molecule has 2 aromatic carbocycles. The highest BCUT2D eigenvalue weighted by Gasteiger charge is 2.73. The molecule has 14 heteroatoms. The molecule has 3 aliphatic rings. The van der Waals surface area contributed by atoms with Crippen molar-refractivity contribution in [2.75, 3.05) is 13.2 Å². The zero-order valence-electron chi connectivity index (χ0n) is 22.7.